The highest BCUT2D eigenvalue weighted by molar-refractivity contribution is 6.30. The maximum Gasteiger partial charge on any atom is 0.275 e. The lowest BCUT2D eigenvalue weighted by molar-refractivity contribution is -0.385. The molecule has 1 aromatic carbocycles. The topological polar surface area (TPSA) is 66.6 Å². The summed E-state index contributed by atoms with van der Waals surface area (Å²) < 4.78 is 0. The van der Waals surface area contributed by atoms with Crippen LogP contribution >= 0.6 is 11.6 Å². The summed E-state index contributed by atoms with van der Waals surface area (Å²) in [4.78, 5) is 12.3. The highest BCUT2D eigenvalue weighted by atomic mass is 35.5. The monoisotopic (exact) mass is 272 g/mol. The van der Waals surface area contributed by atoms with E-state index in [1.54, 1.807) is 33.0 Å². The van der Waals surface area contributed by atoms with Gasteiger partial charge in [0.15, 0.2) is 0 Å². The lowest BCUT2D eigenvalue weighted by Gasteiger charge is -2.25. The quantitative estimate of drug-likeness (QED) is 0.660. The second-order valence-electron chi connectivity index (χ2n) is 5.01. The fraction of sp³-hybridized carbons (Fsp3) is 0.500. The van der Waals surface area contributed by atoms with Crippen LogP contribution < -0.4 is 0 Å². The first-order chi connectivity index (χ1) is 8.19. The number of nitro benzene ring substituents is 1. The van der Waals surface area contributed by atoms with Crippen molar-refractivity contribution in [2.45, 2.75) is 26.0 Å². The van der Waals surface area contributed by atoms with Gasteiger partial charge >= 0.3 is 0 Å². The van der Waals surface area contributed by atoms with E-state index in [4.69, 9.17) is 11.6 Å². The first-order valence-electron chi connectivity index (χ1n) is 5.53. The molecular weight excluding hydrogens is 256 g/mol. The lowest BCUT2D eigenvalue weighted by atomic mass is 10.1. The van der Waals surface area contributed by atoms with Gasteiger partial charge in [-0.25, -0.2) is 0 Å². The zero-order valence-electron chi connectivity index (χ0n) is 10.7. The Balaban J connectivity index is 2.87. The van der Waals surface area contributed by atoms with Crippen LogP contribution in [0, 0.1) is 10.1 Å². The number of hydrogen-bond donors (Lipinski definition) is 1. The fourth-order valence-corrected chi connectivity index (χ4v) is 2.01. The second-order valence-corrected chi connectivity index (χ2v) is 5.45. The van der Waals surface area contributed by atoms with Gasteiger partial charge in [0.05, 0.1) is 10.5 Å². The summed E-state index contributed by atoms with van der Waals surface area (Å²) in [6, 6.07) is 4.61. The molecule has 5 nitrogen and oxygen atoms in total. The Hall–Kier alpha value is -1.17. The molecular formula is C12H17ClN2O3. The molecule has 0 radical (unpaired) electrons. The van der Waals surface area contributed by atoms with E-state index in [1.807, 2.05) is 4.90 Å². The summed E-state index contributed by atoms with van der Waals surface area (Å²) in [5.41, 5.74) is -0.253. The highest BCUT2D eigenvalue weighted by Crippen LogP contribution is 2.24. The van der Waals surface area contributed by atoms with E-state index in [0.717, 1.165) is 0 Å². The second kappa shape index (κ2) is 5.65. The Morgan fingerprint density at radius 2 is 2.11 bits per heavy atom. The molecule has 0 aromatic heterocycles. The maximum atomic E-state index is 10.9. The number of rotatable bonds is 5. The maximum absolute atomic E-state index is 10.9. The van der Waals surface area contributed by atoms with Gasteiger partial charge in [-0.05, 0) is 33.0 Å². The molecule has 0 fully saturated rings. The van der Waals surface area contributed by atoms with Crippen molar-refractivity contribution >= 4 is 17.3 Å². The number of nitrogens with zero attached hydrogens (tertiary/aromatic N) is 2. The van der Waals surface area contributed by atoms with E-state index < -0.39 is 10.5 Å². The standard InChI is InChI=1S/C12H17ClN2O3/c1-12(2,16)8-14(3)7-9-4-5-10(13)6-11(9)15(17)18/h4-6,16H,7-8H2,1-3H3. The number of halogens is 1. The van der Waals surface area contributed by atoms with E-state index >= 15 is 0 Å². The summed E-state index contributed by atoms with van der Waals surface area (Å²) in [5.74, 6) is 0. The predicted molar refractivity (Wildman–Crippen MR) is 70.7 cm³/mol. The number of nitro groups is 1. The Kier molecular flexibility index (Phi) is 4.67. The molecule has 0 aliphatic carbocycles. The third kappa shape index (κ3) is 4.60. The largest absolute Gasteiger partial charge is 0.389 e. The van der Waals surface area contributed by atoms with E-state index in [2.05, 4.69) is 0 Å². The van der Waals surface area contributed by atoms with Crippen molar-refractivity contribution in [1.29, 1.82) is 0 Å². The van der Waals surface area contributed by atoms with Crippen molar-refractivity contribution in [3.8, 4) is 0 Å². The molecule has 100 valence electrons. The van der Waals surface area contributed by atoms with Crippen LogP contribution in [0.15, 0.2) is 18.2 Å². The Bertz CT molecular complexity index is 443. The smallest absolute Gasteiger partial charge is 0.275 e. The van der Waals surface area contributed by atoms with Crippen LogP contribution in [0.2, 0.25) is 5.02 Å². The lowest BCUT2D eigenvalue weighted by Crippen LogP contribution is -2.35. The van der Waals surface area contributed by atoms with Crippen LogP contribution in [0.25, 0.3) is 0 Å². The van der Waals surface area contributed by atoms with Crippen LogP contribution in [0.5, 0.6) is 0 Å². The first-order valence-corrected chi connectivity index (χ1v) is 5.90. The average Bonchev–Trinajstić information content (AvgIpc) is 2.17. The fourth-order valence-electron chi connectivity index (χ4n) is 1.85. The molecule has 0 heterocycles. The molecule has 0 unspecified atom stereocenters. The van der Waals surface area contributed by atoms with Gasteiger partial charge in [-0.1, -0.05) is 11.6 Å². The van der Waals surface area contributed by atoms with Crippen LogP contribution in [-0.2, 0) is 6.54 Å². The average molecular weight is 273 g/mol. The molecule has 6 heteroatoms. The van der Waals surface area contributed by atoms with Gasteiger partial charge in [0.1, 0.15) is 0 Å². The minimum atomic E-state index is -0.837. The zero-order chi connectivity index (χ0) is 13.9. The van der Waals surface area contributed by atoms with Crippen molar-refractivity contribution in [3.05, 3.63) is 38.9 Å². The van der Waals surface area contributed by atoms with Crippen molar-refractivity contribution in [2.75, 3.05) is 13.6 Å². The summed E-state index contributed by atoms with van der Waals surface area (Å²) in [6.45, 7) is 4.20. The number of aliphatic hydroxyl groups is 1. The molecule has 0 aliphatic heterocycles. The molecule has 1 aromatic rings. The van der Waals surface area contributed by atoms with Crippen molar-refractivity contribution in [1.82, 2.24) is 4.90 Å². The molecule has 0 atom stereocenters. The third-order valence-electron chi connectivity index (χ3n) is 2.34. The minimum Gasteiger partial charge on any atom is -0.389 e. The van der Waals surface area contributed by atoms with E-state index in [0.29, 0.717) is 23.7 Å². The molecule has 0 aliphatic rings. The van der Waals surface area contributed by atoms with Crippen LogP contribution in [0.4, 0.5) is 5.69 Å². The summed E-state index contributed by atoms with van der Waals surface area (Å²) in [5, 5.41) is 21.0. The van der Waals surface area contributed by atoms with Gasteiger partial charge < -0.3 is 5.11 Å². The minimum absolute atomic E-state index is 0.00472. The van der Waals surface area contributed by atoms with Crippen molar-refractivity contribution < 1.29 is 10.0 Å². The van der Waals surface area contributed by atoms with Gasteiger partial charge in [0.25, 0.3) is 5.69 Å². The number of benzene rings is 1. The van der Waals surface area contributed by atoms with Crippen LogP contribution in [0.1, 0.15) is 19.4 Å². The third-order valence-corrected chi connectivity index (χ3v) is 2.58. The first kappa shape index (κ1) is 14.9. The molecule has 18 heavy (non-hydrogen) atoms. The summed E-state index contributed by atoms with van der Waals surface area (Å²) in [7, 11) is 1.80. The highest BCUT2D eigenvalue weighted by Gasteiger charge is 2.19. The molecule has 0 bridgehead atoms. The molecule has 1 rings (SSSR count). The van der Waals surface area contributed by atoms with Gasteiger partial charge in [0.2, 0.25) is 0 Å². The molecule has 0 spiro atoms. The Morgan fingerprint density at radius 1 is 1.50 bits per heavy atom. The summed E-state index contributed by atoms with van der Waals surface area (Å²) >= 11 is 5.75. The van der Waals surface area contributed by atoms with Gasteiger partial charge in [-0.3, -0.25) is 15.0 Å². The SMILES string of the molecule is CN(Cc1ccc(Cl)cc1[N+](=O)[O-])CC(C)(C)O. The van der Waals surface area contributed by atoms with Crippen LogP contribution in [-0.4, -0.2) is 34.1 Å². The predicted octanol–water partition coefficient (Wildman–Crippen LogP) is 2.45. The molecule has 0 amide bonds. The van der Waals surface area contributed by atoms with E-state index in [1.165, 1.54) is 6.07 Å². The van der Waals surface area contributed by atoms with Crippen molar-refractivity contribution in [2.24, 2.45) is 0 Å². The van der Waals surface area contributed by atoms with E-state index in [9.17, 15) is 15.2 Å². The van der Waals surface area contributed by atoms with Crippen molar-refractivity contribution in [3.63, 3.8) is 0 Å². The normalized spacial score (nSPS) is 11.9. The zero-order valence-corrected chi connectivity index (χ0v) is 11.4. The van der Waals surface area contributed by atoms with Crippen LogP contribution in [0.3, 0.4) is 0 Å². The Morgan fingerprint density at radius 3 is 2.61 bits per heavy atom. The molecule has 0 saturated carbocycles. The number of likely N-dealkylation sites (N-methyl/N-ethyl adjacent to an activating group) is 1. The van der Waals surface area contributed by atoms with Gasteiger partial charge in [-0.15, -0.1) is 0 Å². The number of hydrogen-bond acceptors (Lipinski definition) is 4. The van der Waals surface area contributed by atoms with Gasteiger partial charge in [0, 0.05) is 29.7 Å². The Labute approximate surface area is 111 Å². The molecule has 1 N–H and O–H groups in total. The molecule has 0 saturated heterocycles. The summed E-state index contributed by atoms with van der Waals surface area (Å²) in [6.07, 6.45) is 0. The van der Waals surface area contributed by atoms with E-state index in [-0.39, 0.29) is 5.69 Å². The van der Waals surface area contributed by atoms with Gasteiger partial charge in [-0.2, -0.15) is 0 Å².